The van der Waals surface area contributed by atoms with Gasteiger partial charge < -0.3 is 9.80 Å². The van der Waals surface area contributed by atoms with Crippen molar-refractivity contribution in [3.05, 3.63) is 57.0 Å². The summed E-state index contributed by atoms with van der Waals surface area (Å²) in [6.45, 7) is 6.23. The van der Waals surface area contributed by atoms with Crippen LogP contribution in [0.4, 0.5) is 18.9 Å². The van der Waals surface area contributed by atoms with Crippen molar-refractivity contribution in [3.63, 3.8) is 0 Å². The summed E-state index contributed by atoms with van der Waals surface area (Å²) >= 11 is 1.63. The first kappa shape index (κ1) is 23.3. The Bertz CT molecular complexity index is 1230. The van der Waals surface area contributed by atoms with Crippen LogP contribution in [0, 0.1) is 0 Å². The van der Waals surface area contributed by atoms with Crippen LogP contribution in [0.5, 0.6) is 0 Å². The van der Waals surface area contributed by atoms with Gasteiger partial charge in [0.05, 0.1) is 17.3 Å². The summed E-state index contributed by atoms with van der Waals surface area (Å²) in [6.07, 6.45) is -0.941. The van der Waals surface area contributed by atoms with Crippen molar-refractivity contribution in [3.8, 4) is 0 Å². The number of hydrogen-bond acceptors (Lipinski definition) is 6. The van der Waals surface area contributed by atoms with Gasteiger partial charge in [0.1, 0.15) is 4.83 Å². The molecule has 1 fully saturated rings. The number of anilines is 1. The third kappa shape index (κ3) is 4.71. The zero-order chi connectivity index (χ0) is 23.9. The normalized spacial score (nSPS) is 17.9. The largest absolute Gasteiger partial charge is 0.416 e. The fraction of sp³-hybridized carbons (Fsp3) is 0.500. The van der Waals surface area contributed by atoms with Gasteiger partial charge in [-0.15, -0.1) is 11.3 Å². The molecule has 6 nitrogen and oxygen atoms in total. The van der Waals surface area contributed by atoms with Crippen molar-refractivity contribution >= 4 is 27.2 Å². The number of piperazine rings is 1. The minimum atomic E-state index is -4.33. The van der Waals surface area contributed by atoms with Crippen LogP contribution in [0.1, 0.15) is 22.4 Å². The van der Waals surface area contributed by atoms with E-state index in [1.165, 1.54) is 22.6 Å². The number of rotatable bonds is 5. The van der Waals surface area contributed by atoms with Gasteiger partial charge in [0.2, 0.25) is 0 Å². The number of fused-ring (bicyclic) bond motifs is 3. The Morgan fingerprint density at radius 3 is 2.65 bits per heavy atom. The van der Waals surface area contributed by atoms with E-state index in [0.29, 0.717) is 25.3 Å². The van der Waals surface area contributed by atoms with Gasteiger partial charge >= 0.3 is 6.18 Å². The lowest BCUT2D eigenvalue weighted by atomic mass is 10.1. The quantitative estimate of drug-likeness (QED) is 0.545. The fourth-order valence-corrected chi connectivity index (χ4v) is 6.14. The highest BCUT2D eigenvalue weighted by Gasteiger charge is 2.31. The second kappa shape index (κ2) is 9.31. The van der Waals surface area contributed by atoms with E-state index in [0.717, 1.165) is 61.8 Å². The van der Waals surface area contributed by atoms with Crippen molar-refractivity contribution in [1.82, 2.24) is 19.4 Å². The van der Waals surface area contributed by atoms with Crippen LogP contribution in [0.3, 0.4) is 0 Å². The maximum absolute atomic E-state index is 13.1. The third-order valence-corrected chi connectivity index (χ3v) is 7.93. The number of nitrogens with zero attached hydrogens (tertiary/aromatic N) is 5. The van der Waals surface area contributed by atoms with Gasteiger partial charge in [-0.3, -0.25) is 14.3 Å². The Morgan fingerprint density at radius 2 is 1.88 bits per heavy atom. The summed E-state index contributed by atoms with van der Waals surface area (Å²) < 4.78 is 40.8. The van der Waals surface area contributed by atoms with Crippen molar-refractivity contribution < 1.29 is 13.2 Å². The first-order valence-electron chi connectivity index (χ1n) is 11.6. The van der Waals surface area contributed by atoms with E-state index in [1.807, 2.05) is 4.90 Å². The summed E-state index contributed by atoms with van der Waals surface area (Å²) in [6, 6.07) is 5.54. The summed E-state index contributed by atoms with van der Waals surface area (Å²) in [5, 5.41) is 0.797. The molecule has 4 heterocycles. The molecule has 182 valence electrons. The number of benzene rings is 1. The highest BCUT2D eigenvalue weighted by molar-refractivity contribution is 7.18. The molecule has 1 saturated heterocycles. The molecule has 10 heteroatoms. The number of aryl methyl sites for hydroxylation is 1. The molecule has 2 aliphatic rings. The first-order chi connectivity index (χ1) is 16.3. The lowest BCUT2D eigenvalue weighted by Crippen LogP contribution is -2.46. The average molecular weight is 492 g/mol. The molecule has 2 aliphatic heterocycles. The molecular formula is C24H28F3N5OS. The van der Waals surface area contributed by atoms with E-state index in [2.05, 4.69) is 21.8 Å². The van der Waals surface area contributed by atoms with Crippen molar-refractivity contribution in [1.29, 1.82) is 0 Å². The molecule has 0 N–H and O–H groups in total. The van der Waals surface area contributed by atoms with E-state index >= 15 is 0 Å². The van der Waals surface area contributed by atoms with Gasteiger partial charge in [0, 0.05) is 56.4 Å². The summed E-state index contributed by atoms with van der Waals surface area (Å²) in [5.41, 5.74) is 1.24. The second-order valence-corrected chi connectivity index (χ2v) is 10.2. The van der Waals surface area contributed by atoms with Gasteiger partial charge in [0.25, 0.3) is 5.56 Å². The van der Waals surface area contributed by atoms with E-state index in [1.54, 1.807) is 28.3 Å². The first-order valence-corrected chi connectivity index (χ1v) is 12.4. The fourth-order valence-electron chi connectivity index (χ4n) is 4.88. The van der Waals surface area contributed by atoms with Crippen LogP contribution in [0.15, 0.2) is 35.4 Å². The number of thiophene rings is 1. The minimum absolute atomic E-state index is 0.0569. The Hall–Kier alpha value is -2.43. The zero-order valence-corrected chi connectivity index (χ0v) is 20.0. The second-order valence-electron chi connectivity index (χ2n) is 9.15. The molecule has 1 aromatic carbocycles. The highest BCUT2D eigenvalue weighted by atomic mass is 32.1. The summed E-state index contributed by atoms with van der Waals surface area (Å²) in [7, 11) is 2.10. The number of aromatic nitrogens is 2. The molecule has 34 heavy (non-hydrogen) atoms. The van der Waals surface area contributed by atoms with Crippen LogP contribution in [0.25, 0.3) is 10.2 Å². The Kier molecular flexibility index (Phi) is 6.39. The zero-order valence-electron chi connectivity index (χ0n) is 19.1. The maximum Gasteiger partial charge on any atom is 0.416 e. The van der Waals surface area contributed by atoms with Crippen LogP contribution < -0.4 is 10.5 Å². The summed E-state index contributed by atoms with van der Waals surface area (Å²) in [5.74, 6) is 0. The molecule has 0 radical (unpaired) electrons. The van der Waals surface area contributed by atoms with Gasteiger partial charge in [-0.25, -0.2) is 4.98 Å². The molecule has 5 rings (SSSR count). The minimum Gasteiger partial charge on any atom is -0.369 e. The molecule has 0 spiro atoms. The van der Waals surface area contributed by atoms with Crippen LogP contribution in [-0.4, -0.2) is 65.7 Å². The maximum atomic E-state index is 13.1. The van der Waals surface area contributed by atoms with Crippen LogP contribution in [0.2, 0.25) is 0 Å². The van der Waals surface area contributed by atoms with E-state index in [9.17, 15) is 18.0 Å². The van der Waals surface area contributed by atoms with Crippen molar-refractivity contribution in [2.75, 3.05) is 51.2 Å². The van der Waals surface area contributed by atoms with Gasteiger partial charge in [-0.2, -0.15) is 13.2 Å². The van der Waals surface area contributed by atoms with Gasteiger partial charge in [-0.05, 0) is 50.2 Å². The molecule has 0 amide bonds. The molecule has 0 atom stereocenters. The van der Waals surface area contributed by atoms with E-state index in [-0.39, 0.29) is 5.56 Å². The van der Waals surface area contributed by atoms with Crippen LogP contribution >= 0.6 is 11.3 Å². The number of halogens is 3. The van der Waals surface area contributed by atoms with Crippen molar-refractivity contribution in [2.45, 2.75) is 32.1 Å². The summed E-state index contributed by atoms with van der Waals surface area (Å²) in [4.78, 5) is 26.4. The highest BCUT2D eigenvalue weighted by Crippen LogP contribution is 2.33. The predicted molar refractivity (Wildman–Crippen MR) is 129 cm³/mol. The molecule has 0 saturated carbocycles. The number of hydrogen-bond donors (Lipinski definition) is 0. The monoisotopic (exact) mass is 491 g/mol. The number of likely N-dealkylation sites (N-methyl/N-ethyl adjacent to an activating group) is 1. The molecular weight excluding hydrogens is 463 g/mol. The smallest absolute Gasteiger partial charge is 0.369 e. The Balaban J connectivity index is 1.17. The average Bonchev–Trinajstić information content (AvgIpc) is 3.19. The van der Waals surface area contributed by atoms with E-state index < -0.39 is 11.7 Å². The van der Waals surface area contributed by atoms with Gasteiger partial charge in [0.15, 0.2) is 0 Å². The van der Waals surface area contributed by atoms with E-state index in [4.69, 9.17) is 0 Å². The Labute approximate surface area is 200 Å². The van der Waals surface area contributed by atoms with Gasteiger partial charge in [-0.1, -0.05) is 6.07 Å². The molecule has 3 aromatic rings. The third-order valence-electron chi connectivity index (χ3n) is 6.80. The van der Waals surface area contributed by atoms with Crippen molar-refractivity contribution in [2.24, 2.45) is 0 Å². The topological polar surface area (TPSA) is 44.6 Å². The van der Waals surface area contributed by atoms with Crippen LogP contribution in [-0.2, 0) is 25.7 Å². The molecule has 0 bridgehead atoms. The molecule has 0 unspecified atom stereocenters. The predicted octanol–water partition coefficient (Wildman–Crippen LogP) is 3.68. The molecule has 2 aromatic heterocycles. The SMILES string of the molecule is CN1CCc2c(sc3ncn(CCCN4CCN(c5cccc(C(F)(F)F)c5)CC4)c(=O)c23)C1. The Morgan fingerprint density at radius 1 is 1.09 bits per heavy atom. The molecule has 0 aliphatic carbocycles. The number of alkyl halides is 3. The standard InChI is InChI=1S/C24H28F3N5OS/c1-29-9-6-19-20(15-29)34-22-21(19)23(33)32(16-28-22)8-3-7-30-10-12-31(13-11-30)18-5-2-4-17(14-18)24(25,26)27/h2,4-5,14,16H,3,6-13,15H2,1H3. The lowest BCUT2D eigenvalue weighted by Gasteiger charge is -2.36. The lowest BCUT2D eigenvalue weighted by molar-refractivity contribution is -0.137.